The molecule has 1 aromatic carbocycles. The van der Waals surface area contributed by atoms with Crippen molar-refractivity contribution in [2.45, 2.75) is 25.8 Å². The molecule has 7 nitrogen and oxygen atoms in total. The molecule has 7 heteroatoms. The largest absolute Gasteiger partial charge is 0.453 e. The van der Waals surface area contributed by atoms with E-state index in [1.165, 1.54) is 7.11 Å². The number of benzene rings is 1. The van der Waals surface area contributed by atoms with E-state index in [-0.39, 0.29) is 18.5 Å². The number of nitrogens with one attached hydrogen (secondary N) is 2. The zero-order valence-electron chi connectivity index (χ0n) is 13.3. The van der Waals surface area contributed by atoms with Crippen LogP contribution in [0.25, 0.3) is 11.0 Å². The van der Waals surface area contributed by atoms with Gasteiger partial charge < -0.3 is 19.9 Å². The van der Waals surface area contributed by atoms with Gasteiger partial charge in [-0.05, 0) is 37.5 Å². The number of aryl methyl sites for hydroxylation is 1. The Morgan fingerprint density at radius 1 is 1.48 bits per heavy atom. The highest BCUT2D eigenvalue weighted by molar-refractivity contribution is 5.83. The molecule has 1 aliphatic heterocycles. The molecular weight excluding hydrogens is 296 g/mol. The first kappa shape index (κ1) is 15.3. The number of aromatic amines is 1. The van der Waals surface area contributed by atoms with Crippen LogP contribution in [0.2, 0.25) is 0 Å². The molecule has 0 bridgehead atoms. The van der Waals surface area contributed by atoms with E-state index < -0.39 is 6.09 Å². The number of hydrogen-bond donors (Lipinski definition) is 2. The number of aromatic nitrogens is 2. The third-order valence-corrected chi connectivity index (χ3v) is 4.11. The second-order valence-electron chi connectivity index (χ2n) is 5.73. The first-order valence-corrected chi connectivity index (χ1v) is 7.66. The summed E-state index contributed by atoms with van der Waals surface area (Å²) < 4.78 is 4.49. The summed E-state index contributed by atoms with van der Waals surface area (Å²) in [6, 6.07) is 5.97. The topological polar surface area (TPSA) is 87.3 Å². The third kappa shape index (κ3) is 3.13. The van der Waals surface area contributed by atoms with Gasteiger partial charge in [0.15, 0.2) is 0 Å². The van der Waals surface area contributed by atoms with Crippen LogP contribution in [-0.2, 0) is 9.53 Å². The second-order valence-corrected chi connectivity index (χ2v) is 5.73. The van der Waals surface area contributed by atoms with Crippen LogP contribution >= 0.6 is 0 Å². The minimum atomic E-state index is -0.603. The van der Waals surface area contributed by atoms with Crippen molar-refractivity contribution in [2.24, 2.45) is 0 Å². The van der Waals surface area contributed by atoms with Crippen LogP contribution < -0.4 is 5.32 Å². The van der Waals surface area contributed by atoms with Crippen LogP contribution in [0, 0.1) is 6.92 Å². The number of H-pyrrole nitrogens is 1. The Bertz CT molecular complexity index is 740. The molecule has 1 atom stereocenters. The SMILES string of the molecule is COC(=O)NCC(=O)N1CCCC1c1nc2ccc(C)cc2[nH]1. The Balaban J connectivity index is 1.77. The van der Waals surface area contributed by atoms with Gasteiger partial charge in [0.2, 0.25) is 5.91 Å². The molecular formula is C16H20N4O3. The lowest BCUT2D eigenvalue weighted by Crippen LogP contribution is -2.40. The minimum Gasteiger partial charge on any atom is -0.453 e. The molecule has 1 unspecified atom stereocenters. The Labute approximate surface area is 134 Å². The molecule has 2 N–H and O–H groups in total. The van der Waals surface area contributed by atoms with E-state index in [0.29, 0.717) is 6.54 Å². The quantitative estimate of drug-likeness (QED) is 0.905. The molecule has 0 radical (unpaired) electrons. The van der Waals surface area contributed by atoms with E-state index in [9.17, 15) is 9.59 Å². The van der Waals surface area contributed by atoms with E-state index in [4.69, 9.17) is 0 Å². The smallest absolute Gasteiger partial charge is 0.407 e. The monoisotopic (exact) mass is 316 g/mol. The van der Waals surface area contributed by atoms with Gasteiger partial charge in [-0.1, -0.05) is 6.07 Å². The number of amides is 2. The molecule has 0 spiro atoms. The van der Waals surface area contributed by atoms with Gasteiger partial charge in [-0.3, -0.25) is 4.79 Å². The number of hydrogen-bond acceptors (Lipinski definition) is 4. The van der Waals surface area contributed by atoms with E-state index in [2.05, 4.69) is 20.0 Å². The summed E-state index contributed by atoms with van der Waals surface area (Å²) in [5, 5.41) is 2.43. The van der Waals surface area contributed by atoms with Crippen molar-refractivity contribution in [3.8, 4) is 0 Å². The van der Waals surface area contributed by atoms with Crippen molar-refractivity contribution in [3.63, 3.8) is 0 Å². The lowest BCUT2D eigenvalue weighted by molar-refractivity contribution is -0.131. The summed E-state index contributed by atoms with van der Waals surface area (Å²) in [6.45, 7) is 2.63. The minimum absolute atomic E-state index is 0.0670. The number of imidazole rings is 1. The third-order valence-electron chi connectivity index (χ3n) is 4.11. The van der Waals surface area contributed by atoms with Gasteiger partial charge in [-0.25, -0.2) is 9.78 Å². The fourth-order valence-electron chi connectivity index (χ4n) is 2.97. The van der Waals surface area contributed by atoms with Gasteiger partial charge in [0, 0.05) is 6.54 Å². The van der Waals surface area contributed by atoms with Crippen LogP contribution in [0.4, 0.5) is 4.79 Å². The van der Waals surface area contributed by atoms with Gasteiger partial charge in [0.1, 0.15) is 12.4 Å². The molecule has 2 heterocycles. The van der Waals surface area contributed by atoms with E-state index in [1.54, 1.807) is 4.90 Å². The fourth-order valence-corrected chi connectivity index (χ4v) is 2.97. The normalized spacial score (nSPS) is 17.5. The average molecular weight is 316 g/mol. The first-order valence-electron chi connectivity index (χ1n) is 7.66. The number of carbonyl (C=O) groups excluding carboxylic acids is 2. The van der Waals surface area contributed by atoms with Crippen molar-refractivity contribution < 1.29 is 14.3 Å². The van der Waals surface area contributed by atoms with E-state index in [1.807, 2.05) is 25.1 Å². The lowest BCUT2D eigenvalue weighted by atomic mass is 10.2. The van der Waals surface area contributed by atoms with Crippen molar-refractivity contribution in [1.82, 2.24) is 20.2 Å². The van der Waals surface area contributed by atoms with Crippen molar-refractivity contribution >= 4 is 23.0 Å². The predicted molar refractivity (Wildman–Crippen MR) is 84.9 cm³/mol. The second kappa shape index (κ2) is 6.28. The Kier molecular flexibility index (Phi) is 4.18. The highest BCUT2D eigenvalue weighted by atomic mass is 16.5. The molecule has 23 heavy (non-hydrogen) atoms. The van der Waals surface area contributed by atoms with Gasteiger partial charge in [0.05, 0.1) is 24.2 Å². The predicted octanol–water partition coefficient (Wildman–Crippen LogP) is 1.89. The van der Waals surface area contributed by atoms with Gasteiger partial charge in [-0.2, -0.15) is 0 Å². The number of carbonyl (C=O) groups is 2. The zero-order valence-corrected chi connectivity index (χ0v) is 13.3. The maximum Gasteiger partial charge on any atom is 0.407 e. The molecule has 3 rings (SSSR count). The van der Waals surface area contributed by atoms with Crippen molar-refractivity contribution in [2.75, 3.05) is 20.2 Å². The van der Waals surface area contributed by atoms with Crippen LogP contribution in [0.5, 0.6) is 0 Å². The van der Waals surface area contributed by atoms with Gasteiger partial charge in [-0.15, -0.1) is 0 Å². The molecule has 1 saturated heterocycles. The highest BCUT2D eigenvalue weighted by Gasteiger charge is 2.32. The standard InChI is InChI=1S/C16H20N4O3/c1-10-5-6-11-12(8-10)19-15(18-11)13-4-3-7-20(13)14(21)9-17-16(22)23-2/h5-6,8,13H,3-4,7,9H2,1-2H3,(H,17,22)(H,18,19). The average Bonchev–Trinajstić information content (AvgIpc) is 3.17. The molecule has 2 aromatic rings. The molecule has 122 valence electrons. The van der Waals surface area contributed by atoms with Crippen molar-refractivity contribution in [3.05, 3.63) is 29.6 Å². The van der Waals surface area contributed by atoms with Gasteiger partial charge >= 0.3 is 6.09 Å². The molecule has 1 aliphatic rings. The maximum absolute atomic E-state index is 12.3. The number of rotatable bonds is 3. The van der Waals surface area contributed by atoms with E-state index in [0.717, 1.165) is 35.3 Å². The summed E-state index contributed by atoms with van der Waals surface area (Å²) in [4.78, 5) is 33.1. The molecule has 1 fully saturated rings. The fraction of sp³-hybridized carbons (Fsp3) is 0.438. The maximum atomic E-state index is 12.3. The Hall–Kier alpha value is -2.57. The van der Waals surface area contributed by atoms with Crippen LogP contribution in [0.1, 0.15) is 30.3 Å². The number of methoxy groups -OCH3 is 1. The Morgan fingerprint density at radius 2 is 2.30 bits per heavy atom. The summed E-state index contributed by atoms with van der Waals surface area (Å²) in [6.07, 6.45) is 1.18. The molecule has 1 aromatic heterocycles. The number of alkyl carbamates (subject to hydrolysis) is 1. The summed E-state index contributed by atoms with van der Waals surface area (Å²) >= 11 is 0. The molecule has 0 aliphatic carbocycles. The molecule has 0 saturated carbocycles. The Morgan fingerprint density at radius 3 is 3.09 bits per heavy atom. The lowest BCUT2D eigenvalue weighted by Gasteiger charge is -2.23. The number of nitrogens with zero attached hydrogens (tertiary/aromatic N) is 2. The van der Waals surface area contributed by atoms with E-state index >= 15 is 0 Å². The van der Waals surface area contributed by atoms with Gasteiger partial charge in [0.25, 0.3) is 0 Å². The first-order chi connectivity index (χ1) is 11.1. The van der Waals surface area contributed by atoms with Crippen LogP contribution in [0.15, 0.2) is 18.2 Å². The van der Waals surface area contributed by atoms with Crippen LogP contribution in [-0.4, -0.2) is 47.1 Å². The molecule has 2 amide bonds. The number of fused-ring (bicyclic) bond motifs is 1. The highest BCUT2D eigenvalue weighted by Crippen LogP contribution is 2.31. The number of ether oxygens (including phenoxy) is 1. The summed E-state index contributed by atoms with van der Waals surface area (Å²) in [5.74, 6) is 0.670. The summed E-state index contributed by atoms with van der Waals surface area (Å²) in [5.41, 5.74) is 3.04. The van der Waals surface area contributed by atoms with Crippen LogP contribution in [0.3, 0.4) is 0 Å². The number of likely N-dealkylation sites (tertiary alicyclic amines) is 1. The summed E-state index contributed by atoms with van der Waals surface area (Å²) in [7, 11) is 1.27. The van der Waals surface area contributed by atoms with Crippen molar-refractivity contribution in [1.29, 1.82) is 0 Å². The zero-order chi connectivity index (χ0) is 16.4.